The molecular formula is C7H7FN3O+. The van der Waals surface area contributed by atoms with Gasteiger partial charge in [-0.2, -0.15) is 0 Å². The van der Waals surface area contributed by atoms with E-state index in [1.54, 1.807) is 0 Å². The quantitative estimate of drug-likeness (QED) is 0.630. The molecule has 1 aromatic heterocycles. The SMILES string of the molecule is COc1ncc(F)cc1C[N+]#N. The summed E-state index contributed by atoms with van der Waals surface area (Å²) in [7, 11) is 1.42. The van der Waals surface area contributed by atoms with Crippen LogP contribution < -0.4 is 4.74 Å². The maximum Gasteiger partial charge on any atom is 0.336 e. The molecule has 1 rings (SSSR count). The number of diazo groups is 1. The normalized spacial score (nSPS) is 9.08. The summed E-state index contributed by atoms with van der Waals surface area (Å²) < 4.78 is 17.4. The number of hydrogen-bond donors (Lipinski definition) is 0. The van der Waals surface area contributed by atoms with E-state index in [2.05, 4.69) is 9.96 Å². The highest BCUT2D eigenvalue weighted by Gasteiger charge is 2.10. The number of aromatic nitrogens is 1. The highest BCUT2D eigenvalue weighted by Crippen LogP contribution is 2.16. The van der Waals surface area contributed by atoms with Crippen molar-refractivity contribution in [3.63, 3.8) is 0 Å². The number of rotatable bonds is 2. The topological polar surface area (TPSA) is 50.3 Å². The van der Waals surface area contributed by atoms with E-state index in [9.17, 15) is 4.39 Å². The second-order valence-corrected chi connectivity index (χ2v) is 2.12. The zero-order valence-corrected chi connectivity index (χ0v) is 6.49. The number of halogens is 1. The number of hydrogen-bond acceptors (Lipinski definition) is 3. The molecular weight excluding hydrogens is 161 g/mol. The van der Waals surface area contributed by atoms with Crippen LogP contribution in [0, 0.1) is 11.2 Å². The van der Waals surface area contributed by atoms with Gasteiger partial charge in [0, 0.05) is 0 Å². The van der Waals surface area contributed by atoms with Crippen LogP contribution in [0.4, 0.5) is 4.39 Å². The Morgan fingerprint density at radius 2 is 2.50 bits per heavy atom. The maximum atomic E-state index is 12.6. The van der Waals surface area contributed by atoms with E-state index in [0.29, 0.717) is 5.56 Å². The van der Waals surface area contributed by atoms with Crippen LogP contribution in [0.25, 0.3) is 4.98 Å². The molecule has 0 N–H and O–H groups in total. The lowest BCUT2D eigenvalue weighted by atomic mass is 10.3. The molecule has 0 bridgehead atoms. The first kappa shape index (κ1) is 8.40. The predicted octanol–water partition coefficient (Wildman–Crippen LogP) is 1.58. The molecule has 0 unspecified atom stereocenters. The number of nitrogens with zero attached hydrogens (tertiary/aromatic N) is 3. The van der Waals surface area contributed by atoms with Crippen molar-refractivity contribution >= 4 is 0 Å². The minimum absolute atomic E-state index is 0.0199. The standard InChI is InChI=1S/C7H7FN3O/c1-12-7-5(3-11-9)2-6(8)4-10-7/h2,4H,3H2,1H3/q+1. The molecule has 0 amide bonds. The van der Waals surface area contributed by atoms with E-state index >= 15 is 0 Å². The molecule has 0 spiro atoms. The van der Waals surface area contributed by atoms with Gasteiger partial charge in [-0.3, -0.25) is 0 Å². The molecule has 0 saturated heterocycles. The first-order valence-electron chi connectivity index (χ1n) is 3.27. The molecule has 0 atom stereocenters. The van der Waals surface area contributed by atoms with E-state index in [4.69, 9.17) is 10.1 Å². The molecule has 4 nitrogen and oxygen atoms in total. The molecule has 0 aliphatic heterocycles. The van der Waals surface area contributed by atoms with E-state index in [1.807, 2.05) is 0 Å². The van der Waals surface area contributed by atoms with E-state index in [-0.39, 0.29) is 12.4 Å². The van der Waals surface area contributed by atoms with Crippen molar-refractivity contribution < 1.29 is 9.13 Å². The third kappa shape index (κ3) is 1.66. The Balaban J connectivity index is 3.05. The van der Waals surface area contributed by atoms with E-state index in [1.165, 1.54) is 13.2 Å². The summed E-state index contributed by atoms with van der Waals surface area (Å²) in [5, 5.41) is 8.25. The van der Waals surface area contributed by atoms with Gasteiger partial charge in [0.15, 0.2) is 0 Å². The summed E-state index contributed by atoms with van der Waals surface area (Å²) in [5.41, 5.74) is 0.417. The Hall–Kier alpha value is -1.70. The van der Waals surface area contributed by atoms with E-state index in [0.717, 1.165) is 6.20 Å². The van der Waals surface area contributed by atoms with Crippen molar-refractivity contribution in [1.29, 1.82) is 5.39 Å². The lowest BCUT2D eigenvalue weighted by Crippen LogP contribution is -1.94. The van der Waals surface area contributed by atoms with Crippen LogP contribution in [0.2, 0.25) is 0 Å². The average molecular weight is 168 g/mol. The average Bonchev–Trinajstić information content (AvgIpc) is 2.05. The molecule has 1 heterocycles. The van der Waals surface area contributed by atoms with Gasteiger partial charge in [-0.15, -0.1) is 0 Å². The summed E-state index contributed by atoms with van der Waals surface area (Å²) in [4.78, 5) is 6.52. The summed E-state index contributed by atoms with van der Waals surface area (Å²) in [6.45, 7) is -0.0199. The minimum atomic E-state index is -0.477. The lowest BCUT2D eigenvalue weighted by Gasteiger charge is -1.99. The van der Waals surface area contributed by atoms with Crippen molar-refractivity contribution in [3.05, 3.63) is 28.6 Å². The molecule has 0 saturated carbocycles. The zero-order valence-electron chi connectivity index (χ0n) is 6.49. The number of pyridine rings is 1. The van der Waals surface area contributed by atoms with Crippen LogP contribution in [0.3, 0.4) is 0 Å². The number of methoxy groups -OCH3 is 1. The fourth-order valence-electron chi connectivity index (χ4n) is 0.842. The Morgan fingerprint density at radius 3 is 3.08 bits per heavy atom. The predicted molar refractivity (Wildman–Crippen MR) is 39.5 cm³/mol. The van der Waals surface area contributed by atoms with Crippen LogP contribution >= 0.6 is 0 Å². The van der Waals surface area contributed by atoms with Crippen LogP contribution in [-0.4, -0.2) is 12.1 Å². The molecule has 62 valence electrons. The highest BCUT2D eigenvalue weighted by atomic mass is 19.1. The van der Waals surface area contributed by atoms with Crippen molar-refractivity contribution in [2.75, 3.05) is 7.11 Å². The van der Waals surface area contributed by atoms with Gasteiger partial charge in [0.2, 0.25) is 11.3 Å². The summed E-state index contributed by atoms with van der Waals surface area (Å²) in [5.74, 6) is -0.205. The largest absolute Gasteiger partial charge is 0.481 e. The van der Waals surface area contributed by atoms with Gasteiger partial charge in [0.1, 0.15) is 16.4 Å². The van der Waals surface area contributed by atoms with Crippen molar-refractivity contribution in [2.45, 2.75) is 6.54 Å². The summed E-state index contributed by atoms with van der Waals surface area (Å²) in [6.07, 6.45) is 1.04. The van der Waals surface area contributed by atoms with Gasteiger partial charge in [-0.05, 0) is 6.07 Å². The Bertz CT molecular complexity index is 321. The molecule has 0 aliphatic rings. The zero-order chi connectivity index (χ0) is 8.97. The molecule has 0 aliphatic carbocycles. The van der Waals surface area contributed by atoms with Crippen molar-refractivity contribution in [1.82, 2.24) is 4.98 Å². The van der Waals surface area contributed by atoms with Crippen molar-refractivity contribution in [2.24, 2.45) is 0 Å². The van der Waals surface area contributed by atoms with Crippen molar-refractivity contribution in [3.8, 4) is 5.88 Å². The Morgan fingerprint density at radius 1 is 1.75 bits per heavy atom. The van der Waals surface area contributed by atoms with Crippen LogP contribution in [0.1, 0.15) is 5.56 Å². The van der Waals surface area contributed by atoms with Gasteiger partial charge >= 0.3 is 6.54 Å². The third-order valence-electron chi connectivity index (χ3n) is 1.33. The first-order valence-corrected chi connectivity index (χ1v) is 3.27. The monoisotopic (exact) mass is 168 g/mol. The molecule has 0 radical (unpaired) electrons. The second-order valence-electron chi connectivity index (χ2n) is 2.12. The molecule has 0 aromatic carbocycles. The van der Waals surface area contributed by atoms with Crippen LogP contribution in [-0.2, 0) is 6.54 Å². The van der Waals surface area contributed by atoms with Gasteiger partial charge < -0.3 is 4.74 Å². The third-order valence-corrected chi connectivity index (χ3v) is 1.33. The van der Waals surface area contributed by atoms with Gasteiger partial charge in [0.05, 0.1) is 13.3 Å². The molecule has 5 heteroatoms. The van der Waals surface area contributed by atoms with Gasteiger partial charge in [-0.25, -0.2) is 9.37 Å². The second kappa shape index (κ2) is 3.62. The van der Waals surface area contributed by atoms with E-state index < -0.39 is 5.82 Å². The van der Waals surface area contributed by atoms with Gasteiger partial charge in [0.25, 0.3) is 0 Å². The summed E-state index contributed by atoms with van der Waals surface area (Å²) in [6, 6.07) is 1.21. The lowest BCUT2D eigenvalue weighted by molar-refractivity contribution is 0.391. The fraction of sp³-hybridized carbons (Fsp3) is 0.286. The van der Waals surface area contributed by atoms with Gasteiger partial charge in [-0.1, -0.05) is 0 Å². The molecule has 1 aromatic rings. The maximum absolute atomic E-state index is 12.6. The van der Waals surface area contributed by atoms with Crippen LogP contribution in [0.5, 0.6) is 5.88 Å². The fourth-order valence-corrected chi connectivity index (χ4v) is 0.842. The number of ether oxygens (including phenoxy) is 1. The Kier molecular flexibility index (Phi) is 2.53. The molecule has 12 heavy (non-hydrogen) atoms. The van der Waals surface area contributed by atoms with Crippen LogP contribution in [0.15, 0.2) is 12.3 Å². The smallest absolute Gasteiger partial charge is 0.336 e. The first-order chi connectivity index (χ1) is 5.77. The highest BCUT2D eigenvalue weighted by molar-refractivity contribution is 5.26. The minimum Gasteiger partial charge on any atom is -0.481 e. The molecule has 0 fully saturated rings. The summed E-state index contributed by atoms with van der Waals surface area (Å²) >= 11 is 0. The Labute approximate surface area is 68.6 Å².